The van der Waals surface area contributed by atoms with Crippen molar-refractivity contribution in [1.82, 2.24) is 0 Å². The van der Waals surface area contributed by atoms with Crippen molar-refractivity contribution in [3.8, 4) is 0 Å². The van der Waals surface area contributed by atoms with Crippen molar-refractivity contribution in [2.75, 3.05) is 6.54 Å². The van der Waals surface area contributed by atoms with E-state index in [1.54, 1.807) is 12.1 Å². The molecule has 1 rings (SSSR count). The van der Waals surface area contributed by atoms with Crippen LogP contribution in [-0.2, 0) is 0 Å². The van der Waals surface area contributed by atoms with Crippen LogP contribution in [0.5, 0.6) is 0 Å². The highest BCUT2D eigenvalue weighted by Gasteiger charge is 2.11. The lowest BCUT2D eigenvalue weighted by atomic mass is 9.99. The Bertz CT molecular complexity index is 347. The average molecular weight is 195 g/mol. The van der Waals surface area contributed by atoms with Crippen molar-refractivity contribution in [3.05, 3.63) is 35.1 Å². The van der Waals surface area contributed by atoms with Crippen molar-refractivity contribution in [3.63, 3.8) is 0 Å². The molecular weight excluding hydrogens is 181 g/mol. The van der Waals surface area contributed by atoms with Gasteiger partial charge in [0.1, 0.15) is 5.82 Å². The Kier molecular flexibility index (Phi) is 3.36. The molecular formula is C11H14FNO. The monoisotopic (exact) mass is 195 g/mol. The molecule has 76 valence electrons. The second kappa shape index (κ2) is 4.33. The fraction of sp³-hybridized carbons (Fsp3) is 0.364. The minimum absolute atomic E-state index is 0.0960. The zero-order valence-electron chi connectivity index (χ0n) is 8.38. The highest BCUT2D eigenvalue weighted by atomic mass is 19.1. The molecule has 0 atom stereocenters. The summed E-state index contributed by atoms with van der Waals surface area (Å²) < 4.78 is 13.2. The van der Waals surface area contributed by atoms with Crippen LogP contribution in [-0.4, -0.2) is 12.3 Å². The summed E-state index contributed by atoms with van der Waals surface area (Å²) in [6, 6.07) is 4.58. The van der Waals surface area contributed by atoms with Crippen LogP contribution in [0.3, 0.4) is 0 Å². The Morgan fingerprint density at radius 3 is 2.64 bits per heavy atom. The molecule has 0 saturated carbocycles. The lowest BCUT2D eigenvalue weighted by Crippen LogP contribution is -2.15. The molecule has 3 heteroatoms. The van der Waals surface area contributed by atoms with E-state index < -0.39 is 5.82 Å². The second-order valence-electron chi connectivity index (χ2n) is 3.52. The fourth-order valence-corrected chi connectivity index (χ4v) is 1.23. The normalized spacial score (nSPS) is 10.6. The fourth-order valence-electron chi connectivity index (χ4n) is 1.23. The van der Waals surface area contributed by atoms with Crippen LogP contribution in [0.4, 0.5) is 4.39 Å². The van der Waals surface area contributed by atoms with Gasteiger partial charge >= 0.3 is 0 Å². The van der Waals surface area contributed by atoms with Gasteiger partial charge in [-0.25, -0.2) is 4.39 Å². The number of rotatable bonds is 3. The predicted octanol–water partition coefficient (Wildman–Crippen LogP) is 2.09. The third-order valence-electron chi connectivity index (χ3n) is 2.14. The summed E-state index contributed by atoms with van der Waals surface area (Å²) in [7, 11) is 0. The molecule has 14 heavy (non-hydrogen) atoms. The van der Waals surface area contributed by atoms with Gasteiger partial charge in [-0.15, -0.1) is 0 Å². The van der Waals surface area contributed by atoms with E-state index in [0.29, 0.717) is 0 Å². The van der Waals surface area contributed by atoms with Crippen molar-refractivity contribution >= 4 is 5.78 Å². The van der Waals surface area contributed by atoms with Crippen LogP contribution >= 0.6 is 0 Å². The summed E-state index contributed by atoms with van der Waals surface area (Å²) in [5.74, 6) is -0.574. The minimum atomic E-state index is -0.496. The molecule has 0 spiro atoms. The summed E-state index contributed by atoms with van der Waals surface area (Å²) in [5.41, 5.74) is 6.23. The van der Waals surface area contributed by atoms with Crippen LogP contribution < -0.4 is 5.73 Å². The van der Waals surface area contributed by atoms with Crippen LogP contribution in [0.1, 0.15) is 35.7 Å². The van der Waals surface area contributed by atoms with Crippen LogP contribution in [0.2, 0.25) is 0 Å². The third kappa shape index (κ3) is 2.17. The van der Waals surface area contributed by atoms with E-state index in [1.807, 2.05) is 13.8 Å². The first-order valence-corrected chi connectivity index (χ1v) is 4.59. The standard InChI is InChI=1S/C11H14FNO/c1-7(2)8-3-4-10(12)9(5-8)11(14)6-13/h3-5,7H,6,13H2,1-2H3. The number of Topliss-reactive ketones (excluding diaryl/α,β-unsaturated/α-hetero) is 1. The number of carbonyl (C=O) groups is 1. The first kappa shape index (κ1) is 10.9. The zero-order valence-corrected chi connectivity index (χ0v) is 8.38. The van der Waals surface area contributed by atoms with Gasteiger partial charge < -0.3 is 5.73 Å². The molecule has 0 radical (unpaired) electrons. The first-order chi connectivity index (χ1) is 6.56. The summed E-state index contributed by atoms with van der Waals surface area (Å²) in [6.07, 6.45) is 0. The van der Waals surface area contributed by atoms with E-state index in [-0.39, 0.29) is 23.8 Å². The van der Waals surface area contributed by atoms with E-state index in [4.69, 9.17) is 5.73 Å². The number of nitrogens with two attached hydrogens (primary N) is 1. The van der Waals surface area contributed by atoms with Gasteiger partial charge in [0, 0.05) is 0 Å². The van der Waals surface area contributed by atoms with E-state index in [2.05, 4.69) is 0 Å². The summed E-state index contributed by atoms with van der Waals surface area (Å²) in [4.78, 5) is 11.2. The van der Waals surface area contributed by atoms with E-state index >= 15 is 0 Å². The maximum Gasteiger partial charge on any atom is 0.179 e. The molecule has 0 bridgehead atoms. The Balaban J connectivity index is 3.15. The molecule has 2 nitrogen and oxygen atoms in total. The summed E-state index contributed by atoms with van der Waals surface area (Å²) >= 11 is 0. The molecule has 0 aliphatic carbocycles. The van der Waals surface area contributed by atoms with Crippen molar-refractivity contribution < 1.29 is 9.18 Å². The summed E-state index contributed by atoms with van der Waals surface area (Å²) in [5, 5.41) is 0. The molecule has 1 aromatic carbocycles. The average Bonchev–Trinajstić information content (AvgIpc) is 2.17. The van der Waals surface area contributed by atoms with E-state index in [9.17, 15) is 9.18 Å². The topological polar surface area (TPSA) is 43.1 Å². The third-order valence-corrected chi connectivity index (χ3v) is 2.14. The molecule has 0 saturated heterocycles. The number of hydrogen-bond acceptors (Lipinski definition) is 2. The Hall–Kier alpha value is -1.22. The predicted molar refractivity (Wildman–Crippen MR) is 53.9 cm³/mol. The number of ketones is 1. The smallest absolute Gasteiger partial charge is 0.179 e. The van der Waals surface area contributed by atoms with E-state index in [1.165, 1.54) is 6.07 Å². The molecule has 0 aromatic heterocycles. The Morgan fingerprint density at radius 2 is 2.14 bits per heavy atom. The molecule has 0 amide bonds. The highest BCUT2D eigenvalue weighted by Crippen LogP contribution is 2.18. The van der Waals surface area contributed by atoms with Crippen LogP contribution in [0.25, 0.3) is 0 Å². The SMILES string of the molecule is CC(C)c1ccc(F)c(C(=O)CN)c1. The van der Waals surface area contributed by atoms with Crippen molar-refractivity contribution in [2.24, 2.45) is 5.73 Å². The Morgan fingerprint density at radius 1 is 1.50 bits per heavy atom. The van der Waals surface area contributed by atoms with Crippen LogP contribution in [0.15, 0.2) is 18.2 Å². The minimum Gasteiger partial charge on any atom is -0.324 e. The molecule has 0 aliphatic rings. The summed E-state index contributed by atoms with van der Waals surface area (Å²) in [6.45, 7) is 3.83. The molecule has 0 unspecified atom stereocenters. The van der Waals surface area contributed by atoms with Gasteiger partial charge in [0.2, 0.25) is 0 Å². The van der Waals surface area contributed by atoms with Gasteiger partial charge in [-0.1, -0.05) is 19.9 Å². The van der Waals surface area contributed by atoms with Gasteiger partial charge in [0.25, 0.3) is 0 Å². The molecule has 0 aliphatic heterocycles. The van der Waals surface area contributed by atoms with Crippen molar-refractivity contribution in [1.29, 1.82) is 0 Å². The maximum absolute atomic E-state index is 13.2. The molecule has 1 aromatic rings. The molecule has 0 heterocycles. The van der Waals surface area contributed by atoms with Crippen LogP contribution in [0, 0.1) is 5.82 Å². The largest absolute Gasteiger partial charge is 0.324 e. The quantitative estimate of drug-likeness (QED) is 0.750. The highest BCUT2D eigenvalue weighted by molar-refractivity contribution is 5.97. The van der Waals surface area contributed by atoms with Gasteiger partial charge in [-0.05, 0) is 23.6 Å². The number of hydrogen-bond donors (Lipinski definition) is 1. The number of carbonyl (C=O) groups excluding carboxylic acids is 1. The first-order valence-electron chi connectivity index (χ1n) is 4.59. The Labute approximate surface area is 82.9 Å². The van der Waals surface area contributed by atoms with Crippen molar-refractivity contribution in [2.45, 2.75) is 19.8 Å². The number of halogens is 1. The van der Waals surface area contributed by atoms with Gasteiger partial charge in [-0.2, -0.15) is 0 Å². The van der Waals surface area contributed by atoms with Gasteiger partial charge in [-0.3, -0.25) is 4.79 Å². The molecule has 0 fully saturated rings. The van der Waals surface area contributed by atoms with Gasteiger partial charge in [0.05, 0.1) is 12.1 Å². The zero-order chi connectivity index (χ0) is 10.7. The number of benzene rings is 1. The molecule has 2 N–H and O–H groups in total. The van der Waals surface area contributed by atoms with Gasteiger partial charge in [0.15, 0.2) is 5.78 Å². The maximum atomic E-state index is 13.2. The lowest BCUT2D eigenvalue weighted by Gasteiger charge is -2.07. The second-order valence-corrected chi connectivity index (χ2v) is 3.52. The van der Waals surface area contributed by atoms with E-state index in [0.717, 1.165) is 5.56 Å². The lowest BCUT2D eigenvalue weighted by molar-refractivity contribution is 0.0997.